The van der Waals surface area contributed by atoms with Crippen LogP contribution in [0.2, 0.25) is 0 Å². The zero-order valence-corrected chi connectivity index (χ0v) is 12.3. The second kappa shape index (κ2) is 9.78. The van der Waals surface area contributed by atoms with Crippen LogP contribution in [0.3, 0.4) is 0 Å². The van der Waals surface area contributed by atoms with Crippen LogP contribution in [0, 0.1) is 0 Å². The predicted octanol–water partition coefficient (Wildman–Crippen LogP) is 1.75. The third-order valence-corrected chi connectivity index (χ3v) is 2.81. The molecule has 1 aromatic rings. The van der Waals surface area contributed by atoms with Gasteiger partial charge in [-0.15, -0.1) is 0 Å². The molecule has 0 aliphatic carbocycles. The smallest absolute Gasteiger partial charge is 0.118 e. The molecule has 0 saturated carbocycles. The highest BCUT2D eigenvalue weighted by molar-refractivity contribution is 5.26. The zero-order valence-electron chi connectivity index (χ0n) is 12.3. The van der Waals surface area contributed by atoms with Crippen molar-refractivity contribution in [3.05, 3.63) is 29.8 Å². The molecule has 108 valence electrons. The Kier molecular flexibility index (Phi) is 8.21. The Bertz CT molecular complexity index is 325. The van der Waals surface area contributed by atoms with Crippen LogP contribution in [0.5, 0.6) is 5.75 Å². The molecule has 1 aromatic carbocycles. The van der Waals surface area contributed by atoms with Crippen molar-refractivity contribution in [1.29, 1.82) is 0 Å². The third kappa shape index (κ3) is 7.82. The quantitative estimate of drug-likeness (QED) is 0.654. The molecule has 0 aliphatic heterocycles. The Morgan fingerprint density at radius 1 is 1.11 bits per heavy atom. The van der Waals surface area contributed by atoms with Crippen molar-refractivity contribution >= 4 is 0 Å². The number of hydrogen-bond donors (Lipinski definition) is 1. The van der Waals surface area contributed by atoms with Gasteiger partial charge in [0.05, 0.1) is 20.3 Å². The van der Waals surface area contributed by atoms with Crippen molar-refractivity contribution in [2.45, 2.75) is 13.0 Å². The normalized spacial score (nSPS) is 10.9. The molecule has 0 aliphatic rings. The number of nitrogens with zero attached hydrogens (tertiary/aromatic N) is 1. The zero-order chi connectivity index (χ0) is 13.9. The standard InChI is InChI=1S/C15H26N2O2/c1-17(2)11-4-9-16-10-12-19-13-14-5-7-15(18-3)8-6-14/h5-8,16H,4,9-13H2,1-3H3. The van der Waals surface area contributed by atoms with E-state index in [0.29, 0.717) is 6.61 Å². The van der Waals surface area contributed by atoms with Gasteiger partial charge in [-0.05, 0) is 51.3 Å². The van der Waals surface area contributed by atoms with Gasteiger partial charge in [0.25, 0.3) is 0 Å². The molecular formula is C15H26N2O2. The van der Waals surface area contributed by atoms with Gasteiger partial charge in [0, 0.05) is 6.54 Å². The van der Waals surface area contributed by atoms with Gasteiger partial charge in [0.15, 0.2) is 0 Å². The second-order valence-corrected chi connectivity index (χ2v) is 4.81. The first-order chi connectivity index (χ1) is 9.22. The van der Waals surface area contributed by atoms with Crippen molar-refractivity contribution in [2.24, 2.45) is 0 Å². The van der Waals surface area contributed by atoms with E-state index in [1.807, 2.05) is 24.3 Å². The van der Waals surface area contributed by atoms with E-state index in [9.17, 15) is 0 Å². The summed E-state index contributed by atoms with van der Waals surface area (Å²) in [7, 11) is 5.86. The molecule has 0 saturated heterocycles. The van der Waals surface area contributed by atoms with E-state index in [1.165, 1.54) is 12.0 Å². The Balaban J connectivity index is 1.98. The van der Waals surface area contributed by atoms with Gasteiger partial charge in [-0.25, -0.2) is 0 Å². The van der Waals surface area contributed by atoms with Gasteiger partial charge in [0.1, 0.15) is 5.75 Å². The van der Waals surface area contributed by atoms with Crippen LogP contribution in [-0.2, 0) is 11.3 Å². The summed E-state index contributed by atoms with van der Waals surface area (Å²) >= 11 is 0. The molecule has 4 nitrogen and oxygen atoms in total. The van der Waals surface area contributed by atoms with Crippen molar-refractivity contribution in [1.82, 2.24) is 10.2 Å². The average molecular weight is 266 g/mol. The number of benzene rings is 1. The first-order valence-electron chi connectivity index (χ1n) is 6.78. The number of ether oxygens (including phenoxy) is 2. The van der Waals surface area contributed by atoms with E-state index in [1.54, 1.807) is 7.11 Å². The Morgan fingerprint density at radius 3 is 2.47 bits per heavy atom. The van der Waals surface area contributed by atoms with Gasteiger partial charge in [-0.3, -0.25) is 0 Å². The lowest BCUT2D eigenvalue weighted by atomic mass is 10.2. The minimum absolute atomic E-state index is 0.656. The van der Waals surface area contributed by atoms with Crippen LogP contribution in [-0.4, -0.2) is 52.3 Å². The molecule has 0 fully saturated rings. The molecule has 0 heterocycles. The topological polar surface area (TPSA) is 33.7 Å². The molecule has 4 heteroatoms. The fourth-order valence-corrected chi connectivity index (χ4v) is 1.70. The number of nitrogens with one attached hydrogen (secondary N) is 1. The van der Waals surface area contributed by atoms with E-state index < -0.39 is 0 Å². The van der Waals surface area contributed by atoms with E-state index in [2.05, 4.69) is 24.3 Å². The third-order valence-electron chi connectivity index (χ3n) is 2.81. The minimum Gasteiger partial charge on any atom is -0.497 e. The highest BCUT2D eigenvalue weighted by Gasteiger charge is 1.95. The molecule has 0 aromatic heterocycles. The van der Waals surface area contributed by atoms with Crippen LogP contribution >= 0.6 is 0 Å². The maximum atomic E-state index is 5.61. The van der Waals surface area contributed by atoms with Gasteiger partial charge in [-0.2, -0.15) is 0 Å². The van der Waals surface area contributed by atoms with E-state index >= 15 is 0 Å². The van der Waals surface area contributed by atoms with Crippen LogP contribution < -0.4 is 10.1 Å². The number of methoxy groups -OCH3 is 1. The van der Waals surface area contributed by atoms with E-state index in [0.717, 1.165) is 32.0 Å². The van der Waals surface area contributed by atoms with Crippen LogP contribution in [0.25, 0.3) is 0 Å². The van der Waals surface area contributed by atoms with Crippen molar-refractivity contribution in [3.63, 3.8) is 0 Å². The monoisotopic (exact) mass is 266 g/mol. The maximum Gasteiger partial charge on any atom is 0.118 e. The van der Waals surface area contributed by atoms with Crippen molar-refractivity contribution in [3.8, 4) is 5.75 Å². The summed E-state index contributed by atoms with van der Waals surface area (Å²) in [6, 6.07) is 7.98. The van der Waals surface area contributed by atoms with Gasteiger partial charge in [-0.1, -0.05) is 12.1 Å². The highest BCUT2D eigenvalue weighted by Crippen LogP contribution is 2.11. The molecule has 0 bridgehead atoms. The first-order valence-corrected chi connectivity index (χ1v) is 6.78. The molecule has 1 rings (SSSR count). The van der Waals surface area contributed by atoms with Crippen LogP contribution in [0.4, 0.5) is 0 Å². The summed E-state index contributed by atoms with van der Waals surface area (Å²) in [5.41, 5.74) is 1.17. The lowest BCUT2D eigenvalue weighted by Crippen LogP contribution is -2.24. The lowest BCUT2D eigenvalue weighted by molar-refractivity contribution is 0.122. The van der Waals surface area contributed by atoms with Crippen LogP contribution in [0.1, 0.15) is 12.0 Å². The molecule has 1 N–H and O–H groups in total. The summed E-state index contributed by atoms with van der Waals surface area (Å²) in [5.74, 6) is 0.881. The molecule has 0 radical (unpaired) electrons. The first kappa shape index (κ1) is 16.0. The molecule has 0 atom stereocenters. The SMILES string of the molecule is COc1ccc(COCCNCCCN(C)C)cc1. The van der Waals surface area contributed by atoms with Crippen molar-refractivity contribution in [2.75, 3.05) is 47.4 Å². The molecule has 0 amide bonds. The summed E-state index contributed by atoms with van der Waals surface area (Å²) < 4.78 is 10.7. The lowest BCUT2D eigenvalue weighted by Gasteiger charge is -2.10. The average Bonchev–Trinajstić information content (AvgIpc) is 2.42. The predicted molar refractivity (Wildman–Crippen MR) is 78.7 cm³/mol. The van der Waals surface area contributed by atoms with E-state index in [-0.39, 0.29) is 0 Å². The molecule has 0 spiro atoms. The fraction of sp³-hybridized carbons (Fsp3) is 0.600. The summed E-state index contributed by atoms with van der Waals surface area (Å²) in [6.07, 6.45) is 1.17. The van der Waals surface area contributed by atoms with E-state index in [4.69, 9.17) is 9.47 Å². The van der Waals surface area contributed by atoms with Gasteiger partial charge < -0.3 is 19.7 Å². The minimum atomic E-state index is 0.656. The summed E-state index contributed by atoms with van der Waals surface area (Å²) in [6.45, 7) is 4.48. The van der Waals surface area contributed by atoms with Crippen LogP contribution in [0.15, 0.2) is 24.3 Å². The molecular weight excluding hydrogens is 240 g/mol. The highest BCUT2D eigenvalue weighted by atomic mass is 16.5. The van der Waals surface area contributed by atoms with Gasteiger partial charge >= 0.3 is 0 Å². The maximum absolute atomic E-state index is 5.61. The Hall–Kier alpha value is -1.10. The number of hydrogen-bond acceptors (Lipinski definition) is 4. The molecule has 0 unspecified atom stereocenters. The summed E-state index contributed by atoms with van der Waals surface area (Å²) in [4.78, 5) is 2.20. The van der Waals surface area contributed by atoms with Crippen molar-refractivity contribution < 1.29 is 9.47 Å². The molecule has 19 heavy (non-hydrogen) atoms. The largest absolute Gasteiger partial charge is 0.497 e. The fourth-order valence-electron chi connectivity index (χ4n) is 1.70. The van der Waals surface area contributed by atoms with Gasteiger partial charge in [0.2, 0.25) is 0 Å². The number of rotatable bonds is 10. The summed E-state index contributed by atoms with van der Waals surface area (Å²) in [5, 5.41) is 3.37. The Labute approximate surface area is 116 Å². The second-order valence-electron chi connectivity index (χ2n) is 4.81. The Morgan fingerprint density at radius 2 is 1.84 bits per heavy atom.